The predicted molar refractivity (Wildman–Crippen MR) is 75.7 cm³/mol. The lowest BCUT2D eigenvalue weighted by Crippen LogP contribution is -2.38. The van der Waals surface area contributed by atoms with Crippen LogP contribution in [0.5, 0.6) is 5.75 Å². The lowest BCUT2D eigenvalue weighted by molar-refractivity contribution is -0.161. The maximum absolute atomic E-state index is 12.1. The fourth-order valence-electron chi connectivity index (χ4n) is 2.08. The van der Waals surface area contributed by atoms with Gasteiger partial charge in [-0.3, -0.25) is 9.78 Å². The van der Waals surface area contributed by atoms with Crippen LogP contribution in [0.25, 0.3) is 0 Å². The summed E-state index contributed by atoms with van der Waals surface area (Å²) in [6, 6.07) is 1.59. The molecule has 9 heteroatoms. The Kier molecular flexibility index (Phi) is 5.47. The van der Waals surface area contributed by atoms with Crippen LogP contribution in [0.1, 0.15) is 5.56 Å². The minimum absolute atomic E-state index is 0.0177. The lowest BCUT2D eigenvalue weighted by Gasteiger charge is -2.16. The molecule has 0 saturated carbocycles. The van der Waals surface area contributed by atoms with E-state index in [4.69, 9.17) is 19.0 Å². The number of hydrogen-bond acceptors (Lipinski definition) is 9. The largest absolute Gasteiger partial charge is 0.468 e. The summed E-state index contributed by atoms with van der Waals surface area (Å²) in [5, 5.41) is 3.84. The summed E-state index contributed by atoms with van der Waals surface area (Å²) >= 11 is 0. The number of hydrogen-bond donors (Lipinski definition) is 0. The van der Waals surface area contributed by atoms with Gasteiger partial charge in [0.1, 0.15) is 11.5 Å². The molecule has 0 saturated heterocycles. The third-order valence-electron chi connectivity index (χ3n) is 3.14. The van der Waals surface area contributed by atoms with Gasteiger partial charge in [-0.05, 0) is 6.07 Å². The third kappa shape index (κ3) is 3.39. The quantitative estimate of drug-likeness (QED) is 0.537. The van der Waals surface area contributed by atoms with Crippen LogP contribution in [0, 0.1) is 5.92 Å². The SMILES string of the molecule is COCOc1cnccc1C1=NOC(C(=O)OC)C1C(=O)OC. The number of nitrogens with zero attached hydrogens (tertiary/aromatic N) is 2. The number of carbonyl (C=O) groups excluding carboxylic acids is 2. The molecular formula is C14H16N2O7. The van der Waals surface area contributed by atoms with Gasteiger partial charge < -0.3 is 23.8 Å². The minimum Gasteiger partial charge on any atom is -0.468 e. The molecule has 0 aliphatic carbocycles. The Bertz CT molecular complexity index is 617. The van der Waals surface area contributed by atoms with Crippen molar-refractivity contribution in [2.75, 3.05) is 28.1 Å². The molecule has 0 N–H and O–H groups in total. The first kappa shape index (κ1) is 16.7. The van der Waals surface area contributed by atoms with Crippen molar-refractivity contribution in [1.29, 1.82) is 0 Å². The fourth-order valence-corrected chi connectivity index (χ4v) is 2.08. The number of pyridine rings is 1. The first-order valence-electron chi connectivity index (χ1n) is 6.59. The van der Waals surface area contributed by atoms with Crippen LogP contribution < -0.4 is 4.74 Å². The molecule has 1 aliphatic rings. The lowest BCUT2D eigenvalue weighted by atomic mass is 9.92. The van der Waals surface area contributed by atoms with Gasteiger partial charge in [-0.1, -0.05) is 5.16 Å². The van der Waals surface area contributed by atoms with Gasteiger partial charge in [-0.25, -0.2) is 4.79 Å². The summed E-state index contributed by atoms with van der Waals surface area (Å²) in [5.41, 5.74) is 0.639. The topological polar surface area (TPSA) is 106 Å². The molecule has 124 valence electrons. The van der Waals surface area contributed by atoms with Crippen molar-refractivity contribution in [3.63, 3.8) is 0 Å². The number of esters is 2. The van der Waals surface area contributed by atoms with Gasteiger partial charge in [0.25, 0.3) is 0 Å². The van der Waals surface area contributed by atoms with E-state index in [-0.39, 0.29) is 12.5 Å². The van der Waals surface area contributed by atoms with Crippen molar-refractivity contribution in [2.24, 2.45) is 11.1 Å². The first-order chi connectivity index (χ1) is 11.1. The maximum Gasteiger partial charge on any atom is 0.351 e. The molecule has 0 amide bonds. The summed E-state index contributed by atoms with van der Waals surface area (Å²) in [6.45, 7) is -0.0177. The second-order valence-electron chi connectivity index (χ2n) is 4.45. The maximum atomic E-state index is 12.1. The number of oxime groups is 1. The second-order valence-corrected chi connectivity index (χ2v) is 4.45. The Morgan fingerprint density at radius 1 is 1.22 bits per heavy atom. The Morgan fingerprint density at radius 2 is 1.96 bits per heavy atom. The van der Waals surface area contributed by atoms with Crippen LogP contribution in [0.15, 0.2) is 23.6 Å². The predicted octanol–water partition coefficient (Wildman–Crippen LogP) is 0.129. The molecule has 1 aliphatic heterocycles. The summed E-state index contributed by atoms with van der Waals surface area (Å²) in [6.07, 6.45) is 1.72. The van der Waals surface area contributed by atoms with Crippen molar-refractivity contribution in [3.05, 3.63) is 24.0 Å². The molecule has 23 heavy (non-hydrogen) atoms. The van der Waals surface area contributed by atoms with Crippen LogP contribution in [0.4, 0.5) is 0 Å². The number of methoxy groups -OCH3 is 3. The Morgan fingerprint density at radius 3 is 2.61 bits per heavy atom. The van der Waals surface area contributed by atoms with E-state index < -0.39 is 24.0 Å². The zero-order chi connectivity index (χ0) is 16.8. The Balaban J connectivity index is 2.38. The Labute approximate surface area is 132 Å². The first-order valence-corrected chi connectivity index (χ1v) is 6.59. The van der Waals surface area contributed by atoms with Crippen molar-refractivity contribution in [3.8, 4) is 5.75 Å². The molecule has 2 rings (SSSR count). The number of rotatable bonds is 6. The number of carbonyl (C=O) groups is 2. The molecule has 0 radical (unpaired) electrons. The van der Waals surface area contributed by atoms with Gasteiger partial charge in [0.2, 0.25) is 6.10 Å². The van der Waals surface area contributed by atoms with Gasteiger partial charge in [-0.15, -0.1) is 0 Å². The highest BCUT2D eigenvalue weighted by Gasteiger charge is 2.47. The minimum atomic E-state index is -1.22. The molecule has 2 unspecified atom stereocenters. The van der Waals surface area contributed by atoms with Gasteiger partial charge in [0.05, 0.1) is 20.4 Å². The van der Waals surface area contributed by atoms with E-state index in [2.05, 4.69) is 14.9 Å². The average molecular weight is 324 g/mol. The average Bonchev–Trinajstić information content (AvgIpc) is 3.03. The van der Waals surface area contributed by atoms with Gasteiger partial charge in [0.15, 0.2) is 12.7 Å². The smallest absolute Gasteiger partial charge is 0.351 e. The standard InChI is InChI=1S/C14H16N2O7/c1-19-7-22-9-6-15-5-4-8(9)11-10(13(17)20-2)12(23-16-11)14(18)21-3/h4-6,10,12H,7H2,1-3H3. The van der Waals surface area contributed by atoms with E-state index >= 15 is 0 Å². The van der Waals surface area contributed by atoms with E-state index in [0.717, 1.165) is 0 Å². The van der Waals surface area contributed by atoms with Gasteiger partial charge in [0, 0.05) is 18.9 Å². The fraction of sp³-hybridized carbons (Fsp3) is 0.429. The Hall–Kier alpha value is -2.68. The monoisotopic (exact) mass is 324 g/mol. The third-order valence-corrected chi connectivity index (χ3v) is 3.14. The molecule has 1 aromatic rings. The summed E-state index contributed by atoms with van der Waals surface area (Å²) in [4.78, 5) is 32.9. The summed E-state index contributed by atoms with van der Waals surface area (Å²) < 4.78 is 19.6. The van der Waals surface area contributed by atoms with Crippen molar-refractivity contribution >= 4 is 17.7 Å². The zero-order valence-electron chi connectivity index (χ0n) is 12.8. The van der Waals surface area contributed by atoms with Gasteiger partial charge in [-0.2, -0.15) is 0 Å². The number of aromatic nitrogens is 1. The van der Waals surface area contributed by atoms with E-state index in [1.165, 1.54) is 33.7 Å². The molecule has 0 fully saturated rings. The molecular weight excluding hydrogens is 308 g/mol. The highest BCUT2D eigenvalue weighted by atomic mass is 16.7. The van der Waals surface area contributed by atoms with Crippen molar-refractivity contribution in [1.82, 2.24) is 4.98 Å². The molecule has 2 heterocycles. The summed E-state index contributed by atoms with van der Waals surface area (Å²) in [5.74, 6) is -2.14. The van der Waals surface area contributed by atoms with Crippen LogP contribution in [0.2, 0.25) is 0 Å². The van der Waals surface area contributed by atoms with Crippen LogP contribution in [0.3, 0.4) is 0 Å². The molecule has 2 atom stereocenters. The zero-order valence-corrected chi connectivity index (χ0v) is 12.8. The van der Waals surface area contributed by atoms with Crippen LogP contribution in [-0.4, -0.2) is 56.9 Å². The molecule has 0 aromatic carbocycles. The van der Waals surface area contributed by atoms with Crippen LogP contribution in [-0.2, 0) is 28.6 Å². The van der Waals surface area contributed by atoms with Crippen molar-refractivity contribution in [2.45, 2.75) is 6.10 Å². The molecule has 0 bridgehead atoms. The normalized spacial score (nSPS) is 19.5. The van der Waals surface area contributed by atoms with E-state index in [0.29, 0.717) is 11.3 Å². The van der Waals surface area contributed by atoms with E-state index in [1.807, 2.05) is 0 Å². The van der Waals surface area contributed by atoms with E-state index in [9.17, 15) is 9.59 Å². The highest BCUT2D eigenvalue weighted by molar-refractivity contribution is 6.16. The molecule has 0 spiro atoms. The van der Waals surface area contributed by atoms with Crippen LogP contribution >= 0.6 is 0 Å². The number of ether oxygens (including phenoxy) is 4. The summed E-state index contributed by atoms with van der Waals surface area (Å²) in [7, 11) is 3.87. The van der Waals surface area contributed by atoms with Crippen molar-refractivity contribution < 1.29 is 33.4 Å². The van der Waals surface area contributed by atoms with Gasteiger partial charge >= 0.3 is 11.9 Å². The van der Waals surface area contributed by atoms with E-state index in [1.54, 1.807) is 6.07 Å². The second kappa shape index (κ2) is 7.54. The molecule has 9 nitrogen and oxygen atoms in total. The molecule has 1 aromatic heterocycles. The highest BCUT2D eigenvalue weighted by Crippen LogP contribution is 2.29.